The van der Waals surface area contributed by atoms with Gasteiger partial charge in [0, 0.05) is 5.56 Å². The van der Waals surface area contributed by atoms with Gasteiger partial charge in [-0.1, -0.05) is 23.7 Å². The second kappa shape index (κ2) is 4.84. The molecule has 0 unspecified atom stereocenters. The molecule has 0 bridgehead atoms. The van der Waals surface area contributed by atoms with E-state index in [1.165, 1.54) is 22.8 Å². The monoisotopic (exact) mass is 293 g/mol. The van der Waals surface area contributed by atoms with Crippen LogP contribution in [-0.4, -0.2) is 15.0 Å². The van der Waals surface area contributed by atoms with Gasteiger partial charge in [-0.05, 0) is 30.8 Å². The zero-order valence-corrected chi connectivity index (χ0v) is 11.8. The van der Waals surface area contributed by atoms with E-state index >= 15 is 0 Å². The number of hydrogen-bond acceptors (Lipinski definition) is 5. The highest BCUT2D eigenvalue weighted by atomic mass is 35.5. The molecule has 3 rings (SSSR count). The Morgan fingerprint density at radius 2 is 2.06 bits per heavy atom. The number of benzene rings is 1. The maximum Gasteiger partial charge on any atom is 0.157 e. The summed E-state index contributed by atoms with van der Waals surface area (Å²) < 4.78 is 2.15. The Balaban J connectivity index is 1.99. The standard InChI is InChI=1S/C12H8ClN3S2/c1-7-10(13)14-6-15-11(7)18-12-16-8-4-2-3-5-9(8)17-12/h2-6H,1H3. The molecule has 0 radical (unpaired) electrons. The third-order valence-corrected chi connectivity index (χ3v) is 5.02. The SMILES string of the molecule is Cc1c(Cl)ncnc1Sc1nc2ccccc2s1. The van der Waals surface area contributed by atoms with Crippen molar-refractivity contribution in [3.8, 4) is 0 Å². The molecule has 0 amide bonds. The van der Waals surface area contributed by atoms with E-state index in [4.69, 9.17) is 11.6 Å². The average molecular weight is 294 g/mol. The smallest absolute Gasteiger partial charge is 0.157 e. The summed E-state index contributed by atoms with van der Waals surface area (Å²) in [5.74, 6) is 0. The fourth-order valence-electron chi connectivity index (χ4n) is 1.49. The summed E-state index contributed by atoms with van der Waals surface area (Å²) in [6.07, 6.45) is 1.48. The zero-order chi connectivity index (χ0) is 12.5. The van der Waals surface area contributed by atoms with E-state index in [1.807, 2.05) is 25.1 Å². The zero-order valence-electron chi connectivity index (χ0n) is 9.42. The number of halogens is 1. The first-order valence-electron chi connectivity index (χ1n) is 5.24. The molecule has 1 aromatic carbocycles. The number of thiazole rings is 1. The minimum absolute atomic E-state index is 0.494. The van der Waals surface area contributed by atoms with Gasteiger partial charge in [-0.2, -0.15) is 0 Å². The Morgan fingerprint density at radius 1 is 1.22 bits per heavy atom. The molecule has 3 nitrogen and oxygen atoms in total. The number of nitrogens with zero attached hydrogens (tertiary/aromatic N) is 3. The first-order valence-corrected chi connectivity index (χ1v) is 7.25. The van der Waals surface area contributed by atoms with E-state index in [2.05, 4.69) is 21.0 Å². The van der Waals surface area contributed by atoms with Crippen molar-refractivity contribution in [3.63, 3.8) is 0 Å². The molecule has 3 aromatic rings. The summed E-state index contributed by atoms with van der Waals surface area (Å²) in [5, 5.41) is 1.35. The molecule has 0 saturated carbocycles. The van der Waals surface area contributed by atoms with Crippen LogP contribution in [0.5, 0.6) is 0 Å². The minimum Gasteiger partial charge on any atom is -0.229 e. The molecule has 0 aliphatic rings. The lowest BCUT2D eigenvalue weighted by Crippen LogP contribution is -1.89. The van der Waals surface area contributed by atoms with E-state index in [-0.39, 0.29) is 0 Å². The van der Waals surface area contributed by atoms with Crippen LogP contribution in [0.1, 0.15) is 5.56 Å². The maximum atomic E-state index is 5.98. The van der Waals surface area contributed by atoms with Crippen LogP contribution >= 0.6 is 34.7 Å². The predicted octanol–water partition coefficient (Wildman–Crippen LogP) is 4.20. The third-order valence-electron chi connectivity index (χ3n) is 2.43. The maximum absolute atomic E-state index is 5.98. The number of rotatable bonds is 2. The summed E-state index contributed by atoms with van der Waals surface area (Å²) >= 11 is 9.16. The first kappa shape index (κ1) is 11.9. The molecule has 2 aromatic heterocycles. The summed E-state index contributed by atoms with van der Waals surface area (Å²) in [6.45, 7) is 1.91. The molecular weight excluding hydrogens is 286 g/mol. The van der Waals surface area contributed by atoms with Crippen molar-refractivity contribution in [1.29, 1.82) is 0 Å². The van der Waals surface area contributed by atoms with Crippen LogP contribution in [0.15, 0.2) is 40.0 Å². The summed E-state index contributed by atoms with van der Waals surface area (Å²) in [5.41, 5.74) is 1.91. The van der Waals surface area contributed by atoms with Crippen LogP contribution in [0, 0.1) is 6.92 Å². The van der Waals surface area contributed by atoms with Gasteiger partial charge in [0.05, 0.1) is 10.2 Å². The van der Waals surface area contributed by atoms with Crippen molar-refractivity contribution in [2.45, 2.75) is 16.3 Å². The molecule has 6 heteroatoms. The predicted molar refractivity (Wildman–Crippen MR) is 75.5 cm³/mol. The van der Waals surface area contributed by atoms with Crippen molar-refractivity contribution in [3.05, 3.63) is 41.3 Å². The van der Waals surface area contributed by atoms with Crippen molar-refractivity contribution in [2.24, 2.45) is 0 Å². The van der Waals surface area contributed by atoms with Gasteiger partial charge in [0.1, 0.15) is 16.5 Å². The first-order chi connectivity index (χ1) is 8.74. The Morgan fingerprint density at radius 3 is 2.89 bits per heavy atom. The van der Waals surface area contributed by atoms with Gasteiger partial charge in [0.15, 0.2) is 4.34 Å². The van der Waals surface area contributed by atoms with Gasteiger partial charge in [-0.15, -0.1) is 11.3 Å². The lowest BCUT2D eigenvalue weighted by molar-refractivity contribution is 1.00. The number of aromatic nitrogens is 3. The van der Waals surface area contributed by atoms with Crippen LogP contribution < -0.4 is 0 Å². The fraction of sp³-hybridized carbons (Fsp3) is 0.0833. The lowest BCUT2D eigenvalue weighted by atomic mass is 10.3. The largest absolute Gasteiger partial charge is 0.229 e. The third kappa shape index (κ3) is 2.21. The highest BCUT2D eigenvalue weighted by Gasteiger charge is 2.10. The second-order valence-electron chi connectivity index (χ2n) is 3.64. The quantitative estimate of drug-likeness (QED) is 0.664. The topological polar surface area (TPSA) is 38.7 Å². The van der Waals surface area contributed by atoms with Gasteiger partial charge in [0.25, 0.3) is 0 Å². The Bertz CT molecular complexity index is 678. The van der Waals surface area contributed by atoms with Gasteiger partial charge in [0.2, 0.25) is 0 Å². The molecule has 0 spiro atoms. The van der Waals surface area contributed by atoms with Gasteiger partial charge in [-0.25, -0.2) is 15.0 Å². The van der Waals surface area contributed by atoms with Crippen molar-refractivity contribution < 1.29 is 0 Å². The molecule has 0 fully saturated rings. The van der Waals surface area contributed by atoms with E-state index < -0.39 is 0 Å². The summed E-state index contributed by atoms with van der Waals surface area (Å²) in [6, 6.07) is 8.08. The Labute approximate surface area is 117 Å². The molecule has 18 heavy (non-hydrogen) atoms. The van der Waals surface area contributed by atoms with Crippen molar-refractivity contribution in [2.75, 3.05) is 0 Å². The van der Waals surface area contributed by atoms with Crippen LogP contribution in [0.4, 0.5) is 0 Å². The Hall–Kier alpha value is -1.17. The van der Waals surface area contributed by atoms with Gasteiger partial charge >= 0.3 is 0 Å². The molecule has 2 heterocycles. The molecule has 0 aliphatic heterocycles. The average Bonchev–Trinajstić information content (AvgIpc) is 2.77. The molecule has 0 N–H and O–H groups in total. The van der Waals surface area contributed by atoms with E-state index in [0.717, 1.165) is 20.4 Å². The van der Waals surface area contributed by atoms with Crippen molar-refractivity contribution >= 4 is 44.9 Å². The van der Waals surface area contributed by atoms with E-state index in [1.54, 1.807) is 11.3 Å². The minimum atomic E-state index is 0.494. The normalized spacial score (nSPS) is 11.0. The highest BCUT2D eigenvalue weighted by molar-refractivity contribution is 8.01. The molecule has 0 aliphatic carbocycles. The molecule has 90 valence electrons. The van der Waals surface area contributed by atoms with Crippen LogP contribution in [0.2, 0.25) is 5.15 Å². The number of hydrogen-bond donors (Lipinski definition) is 0. The van der Waals surface area contributed by atoms with E-state index in [0.29, 0.717) is 5.15 Å². The van der Waals surface area contributed by atoms with Crippen LogP contribution in [-0.2, 0) is 0 Å². The van der Waals surface area contributed by atoms with Crippen molar-refractivity contribution in [1.82, 2.24) is 15.0 Å². The van der Waals surface area contributed by atoms with Crippen LogP contribution in [0.25, 0.3) is 10.2 Å². The van der Waals surface area contributed by atoms with Gasteiger partial charge in [-0.3, -0.25) is 0 Å². The second-order valence-corrected chi connectivity index (χ2v) is 6.27. The van der Waals surface area contributed by atoms with Gasteiger partial charge < -0.3 is 0 Å². The van der Waals surface area contributed by atoms with Crippen LogP contribution in [0.3, 0.4) is 0 Å². The lowest BCUT2D eigenvalue weighted by Gasteiger charge is -2.01. The summed E-state index contributed by atoms with van der Waals surface area (Å²) in [4.78, 5) is 12.7. The Kier molecular flexibility index (Phi) is 3.20. The summed E-state index contributed by atoms with van der Waals surface area (Å²) in [7, 11) is 0. The fourth-order valence-corrected chi connectivity index (χ4v) is 3.71. The van der Waals surface area contributed by atoms with E-state index in [9.17, 15) is 0 Å². The molecule has 0 atom stereocenters. The molecule has 0 saturated heterocycles. The number of para-hydroxylation sites is 1. The molecular formula is C12H8ClN3S2. The highest BCUT2D eigenvalue weighted by Crippen LogP contribution is 2.35. The number of fused-ring (bicyclic) bond motifs is 1.